The molecule has 0 saturated heterocycles. The minimum absolute atomic E-state index is 0.112. The number of hydrogen-bond acceptors (Lipinski definition) is 3. The molecule has 0 aliphatic heterocycles. The summed E-state index contributed by atoms with van der Waals surface area (Å²) < 4.78 is 0. The largest absolute Gasteiger partial charge is 0.508 e. The number of nitrogens with two attached hydrogens (primary N) is 1. The molecule has 4 nitrogen and oxygen atoms in total. The van der Waals surface area contributed by atoms with Crippen molar-refractivity contribution in [1.29, 1.82) is 0 Å². The quantitative estimate of drug-likeness (QED) is 0.676. The third kappa shape index (κ3) is 2.74. The second kappa shape index (κ2) is 4.11. The highest BCUT2D eigenvalue weighted by molar-refractivity contribution is 5.68. The van der Waals surface area contributed by atoms with Crippen LogP contribution in [0.15, 0.2) is 18.2 Å². The molecule has 0 spiro atoms. The highest BCUT2D eigenvalue weighted by Gasteiger charge is 2.11. The Labute approximate surface area is 82.0 Å². The Hall–Kier alpha value is -1.55. The second-order valence-corrected chi connectivity index (χ2v) is 3.31. The summed E-state index contributed by atoms with van der Waals surface area (Å²) in [6, 6.07) is 4.28. The number of benzene rings is 1. The lowest BCUT2D eigenvalue weighted by Gasteiger charge is -2.10. The maximum atomic E-state index is 10.4. The van der Waals surface area contributed by atoms with Crippen molar-refractivity contribution in [2.75, 3.05) is 0 Å². The van der Waals surface area contributed by atoms with Crippen LogP contribution in [0.25, 0.3) is 0 Å². The van der Waals surface area contributed by atoms with Gasteiger partial charge in [0.05, 0.1) is 6.42 Å². The normalized spacial score (nSPS) is 12.4. The molecule has 0 aromatic heterocycles. The number of aryl methyl sites for hydroxylation is 1. The second-order valence-electron chi connectivity index (χ2n) is 3.31. The molecule has 0 amide bonds. The van der Waals surface area contributed by atoms with E-state index in [-0.39, 0.29) is 12.2 Å². The van der Waals surface area contributed by atoms with Crippen LogP contribution in [0.4, 0.5) is 0 Å². The number of aromatic hydroxyl groups is 1. The van der Waals surface area contributed by atoms with Gasteiger partial charge in [0.1, 0.15) is 5.75 Å². The smallest absolute Gasteiger partial charge is 0.305 e. The summed E-state index contributed by atoms with van der Waals surface area (Å²) in [5, 5.41) is 17.8. The highest BCUT2D eigenvalue weighted by atomic mass is 16.4. The van der Waals surface area contributed by atoms with Crippen molar-refractivity contribution < 1.29 is 15.0 Å². The van der Waals surface area contributed by atoms with E-state index in [1.165, 1.54) is 6.07 Å². The number of rotatable bonds is 3. The minimum Gasteiger partial charge on any atom is -0.508 e. The first-order chi connectivity index (χ1) is 6.49. The Morgan fingerprint density at radius 1 is 1.50 bits per heavy atom. The molecule has 4 N–H and O–H groups in total. The van der Waals surface area contributed by atoms with Gasteiger partial charge in [-0.2, -0.15) is 0 Å². The number of aliphatic carboxylic acids is 1. The van der Waals surface area contributed by atoms with Gasteiger partial charge in [0.15, 0.2) is 0 Å². The fraction of sp³-hybridized carbons (Fsp3) is 0.300. The lowest BCUT2D eigenvalue weighted by Crippen LogP contribution is -2.14. The Bertz CT molecular complexity index is 329. The van der Waals surface area contributed by atoms with Crippen LogP contribution in [-0.4, -0.2) is 16.2 Å². The van der Waals surface area contributed by atoms with E-state index in [1.54, 1.807) is 12.1 Å². The summed E-state index contributed by atoms with van der Waals surface area (Å²) in [4.78, 5) is 10.4. The Morgan fingerprint density at radius 2 is 2.14 bits per heavy atom. The molecule has 0 unspecified atom stereocenters. The predicted octanol–water partition coefficient (Wildman–Crippen LogP) is 1.18. The number of carboxylic acids is 1. The molecule has 4 heteroatoms. The van der Waals surface area contributed by atoms with Crippen LogP contribution in [0.5, 0.6) is 5.75 Å². The van der Waals surface area contributed by atoms with Gasteiger partial charge in [0.2, 0.25) is 0 Å². The number of hydrogen-bond donors (Lipinski definition) is 3. The molecule has 0 bridgehead atoms. The van der Waals surface area contributed by atoms with Crippen molar-refractivity contribution in [3.05, 3.63) is 29.3 Å². The van der Waals surface area contributed by atoms with Crippen LogP contribution in [0, 0.1) is 6.92 Å². The molecule has 1 rings (SSSR count). The molecule has 76 valence electrons. The molecule has 0 heterocycles. The third-order valence-electron chi connectivity index (χ3n) is 1.91. The fourth-order valence-corrected chi connectivity index (χ4v) is 1.31. The van der Waals surface area contributed by atoms with Crippen molar-refractivity contribution in [2.24, 2.45) is 5.73 Å². The van der Waals surface area contributed by atoms with E-state index >= 15 is 0 Å². The average molecular weight is 195 g/mol. The van der Waals surface area contributed by atoms with E-state index in [4.69, 9.17) is 10.8 Å². The van der Waals surface area contributed by atoms with E-state index in [0.717, 1.165) is 5.56 Å². The van der Waals surface area contributed by atoms with E-state index < -0.39 is 12.0 Å². The topological polar surface area (TPSA) is 83.5 Å². The van der Waals surface area contributed by atoms with Crippen molar-refractivity contribution in [3.63, 3.8) is 0 Å². The van der Waals surface area contributed by atoms with Gasteiger partial charge in [-0.05, 0) is 30.2 Å². The van der Waals surface area contributed by atoms with Gasteiger partial charge in [0, 0.05) is 6.04 Å². The van der Waals surface area contributed by atoms with Gasteiger partial charge < -0.3 is 15.9 Å². The van der Waals surface area contributed by atoms with E-state index in [0.29, 0.717) is 5.56 Å². The average Bonchev–Trinajstić information content (AvgIpc) is 2.00. The van der Waals surface area contributed by atoms with Gasteiger partial charge in [-0.25, -0.2) is 0 Å². The molecule has 1 aromatic rings. The Balaban J connectivity index is 2.89. The molecule has 0 aliphatic rings. The molecule has 0 fully saturated rings. The van der Waals surface area contributed by atoms with Gasteiger partial charge in [-0.3, -0.25) is 4.79 Å². The van der Waals surface area contributed by atoms with Crippen LogP contribution in [0.2, 0.25) is 0 Å². The SMILES string of the molecule is Cc1cc(O)cc([C@@H](N)CC(=O)O)c1. The summed E-state index contributed by atoms with van der Waals surface area (Å²) in [7, 11) is 0. The van der Waals surface area contributed by atoms with Crippen LogP contribution in [-0.2, 0) is 4.79 Å². The molecule has 0 radical (unpaired) electrons. The van der Waals surface area contributed by atoms with Crippen molar-refractivity contribution >= 4 is 5.97 Å². The molecular weight excluding hydrogens is 182 g/mol. The molecule has 1 atom stereocenters. The zero-order chi connectivity index (χ0) is 10.7. The summed E-state index contributed by atoms with van der Waals surface area (Å²) in [5.74, 6) is -0.834. The summed E-state index contributed by atoms with van der Waals surface area (Å²) in [5.41, 5.74) is 7.15. The standard InChI is InChI=1S/C10H13NO3/c1-6-2-7(4-8(12)3-6)9(11)5-10(13)14/h2-4,9,12H,5,11H2,1H3,(H,13,14)/t9-/m0/s1. The first-order valence-corrected chi connectivity index (χ1v) is 4.27. The zero-order valence-corrected chi connectivity index (χ0v) is 7.90. The monoisotopic (exact) mass is 195 g/mol. The van der Waals surface area contributed by atoms with E-state index in [2.05, 4.69) is 0 Å². The summed E-state index contributed by atoms with van der Waals surface area (Å²) in [6.07, 6.45) is -0.136. The van der Waals surface area contributed by atoms with Crippen LogP contribution < -0.4 is 5.73 Å². The van der Waals surface area contributed by atoms with E-state index in [1.807, 2.05) is 6.92 Å². The van der Waals surface area contributed by atoms with E-state index in [9.17, 15) is 9.90 Å². The van der Waals surface area contributed by atoms with Gasteiger partial charge in [0.25, 0.3) is 0 Å². The van der Waals surface area contributed by atoms with Crippen molar-refractivity contribution in [2.45, 2.75) is 19.4 Å². The molecule has 1 aromatic carbocycles. The lowest BCUT2D eigenvalue weighted by atomic mass is 10.0. The molecule has 0 saturated carbocycles. The first kappa shape index (κ1) is 10.5. The van der Waals surface area contributed by atoms with Gasteiger partial charge in [-0.1, -0.05) is 6.07 Å². The van der Waals surface area contributed by atoms with Gasteiger partial charge in [-0.15, -0.1) is 0 Å². The Kier molecular flexibility index (Phi) is 3.09. The molecule has 0 aliphatic carbocycles. The fourth-order valence-electron chi connectivity index (χ4n) is 1.31. The Morgan fingerprint density at radius 3 is 2.64 bits per heavy atom. The number of carbonyl (C=O) groups is 1. The zero-order valence-electron chi connectivity index (χ0n) is 7.90. The van der Waals surface area contributed by atoms with Crippen molar-refractivity contribution in [3.8, 4) is 5.75 Å². The predicted molar refractivity (Wildman–Crippen MR) is 52.0 cm³/mol. The molecular formula is C10H13NO3. The molecule has 14 heavy (non-hydrogen) atoms. The maximum absolute atomic E-state index is 10.4. The van der Waals surface area contributed by atoms with Crippen molar-refractivity contribution in [1.82, 2.24) is 0 Å². The minimum atomic E-state index is -0.946. The number of phenols is 1. The summed E-state index contributed by atoms with van der Waals surface area (Å²) >= 11 is 0. The number of phenolic OH excluding ortho intramolecular Hbond substituents is 1. The highest BCUT2D eigenvalue weighted by Crippen LogP contribution is 2.21. The lowest BCUT2D eigenvalue weighted by molar-refractivity contribution is -0.137. The van der Waals surface area contributed by atoms with Crippen LogP contribution in [0.3, 0.4) is 0 Å². The first-order valence-electron chi connectivity index (χ1n) is 4.27. The third-order valence-corrected chi connectivity index (χ3v) is 1.91. The van der Waals surface area contributed by atoms with Crippen LogP contribution in [0.1, 0.15) is 23.6 Å². The maximum Gasteiger partial charge on any atom is 0.305 e. The van der Waals surface area contributed by atoms with Gasteiger partial charge >= 0.3 is 5.97 Å². The summed E-state index contributed by atoms with van der Waals surface area (Å²) in [6.45, 7) is 1.82. The number of carboxylic acid groups (broad SMARTS) is 1. The van der Waals surface area contributed by atoms with Crippen LogP contribution >= 0.6 is 0 Å².